The highest BCUT2D eigenvalue weighted by atomic mass is 16.2. The van der Waals surface area contributed by atoms with E-state index in [0.717, 1.165) is 35.2 Å². The predicted octanol–water partition coefficient (Wildman–Crippen LogP) is 4.01. The van der Waals surface area contributed by atoms with E-state index < -0.39 is 0 Å². The van der Waals surface area contributed by atoms with Gasteiger partial charge in [0.25, 0.3) is 5.91 Å². The number of aryl methyl sites for hydroxylation is 1. The first-order valence-corrected chi connectivity index (χ1v) is 7.50. The largest absolute Gasteiger partial charge is 0.280 e. The van der Waals surface area contributed by atoms with Crippen LogP contribution in [0.2, 0.25) is 0 Å². The monoisotopic (exact) mass is 288 g/mol. The maximum Gasteiger partial charge on any atom is 0.258 e. The Morgan fingerprint density at radius 1 is 1.14 bits per heavy atom. The number of carbonyl (C=O) groups is 1. The van der Waals surface area contributed by atoms with E-state index in [4.69, 9.17) is 0 Å². The van der Waals surface area contributed by atoms with E-state index in [0.29, 0.717) is 0 Å². The molecule has 108 valence electrons. The highest BCUT2D eigenvalue weighted by molar-refractivity contribution is 6.07. The minimum atomic E-state index is 0.0920. The molecule has 22 heavy (non-hydrogen) atoms. The zero-order chi connectivity index (χ0) is 15.1. The molecular formula is C19H16N2O. The summed E-state index contributed by atoms with van der Waals surface area (Å²) in [7, 11) is 0. The van der Waals surface area contributed by atoms with Crippen LogP contribution >= 0.6 is 0 Å². The van der Waals surface area contributed by atoms with E-state index in [-0.39, 0.29) is 5.91 Å². The van der Waals surface area contributed by atoms with Crippen LogP contribution in [0, 0.1) is 6.92 Å². The van der Waals surface area contributed by atoms with Gasteiger partial charge in [0, 0.05) is 29.0 Å². The van der Waals surface area contributed by atoms with E-state index >= 15 is 0 Å². The summed E-state index contributed by atoms with van der Waals surface area (Å²) < 4.78 is 1.89. The molecule has 0 radical (unpaired) electrons. The van der Waals surface area contributed by atoms with Crippen LogP contribution in [0.25, 0.3) is 17.0 Å². The number of fused-ring (bicyclic) bond motifs is 3. The number of benzene rings is 1. The summed E-state index contributed by atoms with van der Waals surface area (Å²) in [6.45, 7) is 2.11. The molecule has 0 bridgehead atoms. The summed E-state index contributed by atoms with van der Waals surface area (Å²) in [4.78, 5) is 17.0. The summed E-state index contributed by atoms with van der Waals surface area (Å²) in [5.41, 5.74) is 5.21. The van der Waals surface area contributed by atoms with Gasteiger partial charge in [0.2, 0.25) is 0 Å². The van der Waals surface area contributed by atoms with Crippen LogP contribution < -0.4 is 0 Å². The molecule has 0 aliphatic carbocycles. The Morgan fingerprint density at radius 2 is 2.00 bits per heavy atom. The van der Waals surface area contributed by atoms with Crippen LogP contribution in [0.5, 0.6) is 0 Å². The number of aromatic nitrogens is 2. The Hall–Kier alpha value is -2.68. The first-order valence-electron chi connectivity index (χ1n) is 7.50. The number of para-hydroxylation sites is 1. The Labute approximate surface area is 128 Å². The molecular weight excluding hydrogens is 272 g/mol. The van der Waals surface area contributed by atoms with Crippen molar-refractivity contribution < 1.29 is 4.79 Å². The summed E-state index contributed by atoms with van der Waals surface area (Å²) in [5.74, 6) is 0.0920. The molecule has 0 fully saturated rings. The average Bonchev–Trinajstić information content (AvgIpc) is 2.85. The molecule has 0 N–H and O–H groups in total. The number of nitrogens with zero attached hydrogens (tertiary/aromatic N) is 2. The average molecular weight is 288 g/mol. The minimum absolute atomic E-state index is 0.0920. The molecule has 2 aromatic heterocycles. The molecule has 0 saturated carbocycles. The quantitative estimate of drug-likeness (QED) is 0.634. The van der Waals surface area contributed by atoms with Gasteiger partial charge in [-0.3, -0.25) is 14.3 Å². The van der Waals surface area contributed by atoms with Crippen molar-refractivity contribution in [1.29, 1.82) is 0 Å². The Morgan fingerprint density at radius 3 is 2.82 bits per heavy atom. The summed E-state index contributed by atoms with van der Waals surface area (Å²) in [6.07, 6.45) is 7.17. The zero-order valence-corrected chi connectivity index (χ0v) is 12.4. The lowest BCUT2D eigenvalue weighted by Gasteiger charge is -2.18. The zero-order valence-electron chi connectivity index (χ0n) is 12.4. The van der Waals surface area contributed by atoms with Crippen molar-refractivity contribution in [3.05, 3.63) is 71.2 Å². The van der Waals surface area contributed by atoms with Gasteiger partial charge >= 0.3 is 0 Å². The number of pyridine rings is 1. The molecule has 4 rings (SSSR count). The van der Waals surface area contributed by atoms with Gasteiger partial charge in [0.1, 0.15) is 0 Å². The van der Waals surface area contributed by atoms with Crippen LogP contribution in [-0.4, -0.2) is 15.5 Å². The van der Waals surface area contributed by atoms with Crippen LogP contribution in [0.4, 0.5) is 0 Å². The van der Waals surface area contributed by atoms with Crippen molar-refractivity contribution in [3.63, 3.8) is 0 Å². The van der Waals surface area contributed by atoms with E-state index in [2.05, 4.69) is 18.0 Å². The van der Waals surface area contributed by atoms with Gasteiger partial charge in [0.05, 0.1) is 5.52 Å². The topological polar surface area (TPSA) is 34.9 Å². The molecule has 1 aromatic carbocycles. The van der Waals surface area contributed by atoms with E-state index in [1.807, 2.05) is 41.0 Å². The first-order chi connectivity index (χ1) is 10.8. The number of allylic oxidation sites excluding steroid dienone is 1. The third kappa shape index (κ3) is 1.90. The highest BCUT2D eigenvalue weighted by Crippen LogP contribution is 2.32. The van der Waals surface area contributed by atoms with Gasteiger partial charge in [0.15, 0.2) is 0 Å². The van der Waals surface area contributed by atoms with Crippen LogP contribution in [0.15, 0.2) is 54.4 Å². The predicted molar refractivity (Wildman–Crippen MR) is 87.8 cm³/mol. The molecule has 0 atom stereocenters. The van der Waals surface area contributed by atoms with Gasteiger partial charge in [-0.2, -0.15) is 0 Å². The summed E-state index contributed by atoms with van der Waals surface area (Å²) >= 11 is 0. The van der Waals surface area contributed by atoms with Crippen molar-refractivity contribution in [2.75, 3.05) is 0 Å². The Balaban J connectivity index is 1.87. The molecule has 3 aromatic rings. The number of carbonyl (C=O) groups excluding carboxylic acids is 1. The number of hydrogen-bond donors (Lipinski definition) is 0. The second-order valence-corrected chi connectivity index (χ2v) is 5.69. The van der Waals surface area contributed by atoms with Crippen molar-refractivity contribution in [2.45, 2.75) is 19.8 Å². The normalized spacial score (nSPS) is 16.2. The van der Waals surface area contributed by atoms with Gasteiger partial charge in [-0.15, -0.1) is 0 Å². The molecule has 3 nitrogen and oxygen atoms in total. The first kappa shape index (κ1) is 13.0. The van der Waals surface area contributed by atoms with Gasteiger partial charge in [-0.25, -0.2) is 0 Å². The Kier molecular flexibility index (Phi) is 2.93. The second-order valence-electron chi connectivity index (χ2n) is 5.69. The van der Waals surface area contributed by atoms with Crippen molar-refractivity contribution in [1.82, 2.24) is 9.55 Å². The lowest BCUT2D eigenvalue weighted by Crippen LogP contribution is -2.22. The van der Waals surface area contributed by atoms with Crippen LogP contribution in [0.1, 0.15) is 28.0 Å². The standard InChI is InChI=1S/C19H16N2O/c1-13-16-6-2-3-7-18(16)21-17(13)9-8-15(19(21)22)11-14-5-4-10-20-12-14/h2-7,10-12H,8-9H2,1H3/b15-11+. The van der Waals surface area contributed by atoms with E-state index in [1.54, 1.807) is 12.4 Å². The number of hydrogen-bond acceptors (Lipinski definition) is 2. The molecule has 3 heteroatoms. The molecule has 0 amide bonds. The van der Waals surface area contributed by atoms with Gasteiger partial charge in [-0.1, -0.05) is 24.3 Å². The molecule has 0 unspecified atom stereocenters. The van der Waals surface area contributed by atoms with E-state index in [9.17, 15) is 4.79 Å². The van der Waals surface area contributed by atoms with Crippen molar-refractivity contribution in [3.8, 4) is 0 Å². The lowest BCUT2D eigenvalue weighted by atomic mass is 9.99. The number of rotatable bonds is 1. The smallest absolute Gasteiger partial charge is 0.258 e. The third-order valence-corrected chi connectivity index (χ3v) is 4.39. The lowest BCUT2D eigenvalue weighted by molar-refractivity contribution is 0.0946. The van der Waals surface area contributed by atoms with Gasteiger partial charge in [-0.05, 0) is 49.1 Å². The fourth-order valence-corrected chi connectivity index (χ4v) is 3.29. The molecule has 3 heterocycles. The molecule has 0 saturated heterocycles. The third-order valence-electron chi connectivity index (χ3n) is 4.39. The van der Waals surface area contributed by atoms with Crippen molar-refractivity contribution >= 4 is 22.9 Å². The maximum atomic E-state index is 12.9. The minimum Gasteiger partial charge on any atom is -0.280 e. The SMILES string of the molecule is Cc1c2n(c3ccccc13)C(=O)/C(=C/c1cccnc1)CC2. The molecule has 1 aliphatic rings. The maximum absolute atomic E-state index is 12.9. The summed E-state index contributed by atoms with van der Waals surface area (Å²) in [6, 6.07) is 12.0. The summed E-state index contributed by atoms with van der Waals surface area (Å²) in [5, 5.41) is 1.17. The van der Waals surface area contributed by atoms with Crippen molar-refractivity contribution in [2.24, 2.45) is 0 Å². The van der Waals surface area contributed by atoms with Crippen LogP contribution in [-0.2, 0) is 6.42 Å². The van der Waals surface area contributed by atoms with Gasteiger partial charge < -0.3 is 0 Å². The fraction of sp³-hybridized carbons (Fsp3) is 0.158. The fourth-order valence-electron chi connectivity index (χ4n) is 3.29. The highest BCUT2D eigenvalue weighted by Gasteiger charge is 2.25. The molecule has 1 aliphatic heterocycles. The molecule has 0 spiro atoms. The second kappa shape index (κ2) is 4.95. The van der Waals surface area contributed by atoms with Crippen LogP contribution in [0.3, 0.4) is 0 Å². The van der Waals surface area contributed by atoms with E-state index in [1.165, 1.54) is 10.9 Å². The Bertz CT molecular complexity index is 904.